The minimum atomic E-state index is -3.86. The highest BCUT2D eigenvalue weighted by Crippen LogP contribution is 2.50. The largest absolute Gasteiger partial charge is 0.459 e. The highest BCUT2D eigenvalue weighted by Gasteiger charge is 2.33. The van der Waals surface area contributed by atoms with E-state index in [9.17, 15) is 18.9 Å². The second-order valence-electron chi connectivity index (χ2n) is 8.08. The third-order valence-corrected chi connectivity index (χ3v) is 6.34. The van der Waals surface area contributed by atoms with Gasteiger partial charge in [-0.1, -0.05) is 0 Å². The summed E-state index contributed by atoms with van der Waals surface area (Å²) >= 11 is 0. The molecule has 176 valence electrons. The molecule has 0 saturated carbocycles. The van der Waals surface area contributed by atoms with Crippen LogP contribution in [0.25, 0.3) is 10.9 Å². The van der Waals surface area contributed by atoms with Gasteiger partial charge in [-0.25, -0.2) is 0 Å². The maximum atomic E-state index is 13.5. The van der Waals surface area contributed by atoms with Crippen molar-refractivity contribution in [2.45, 2.75) is 60.6 Å². The molecule has 1 aromatic heterocycles. The van der Waals surface area contributed by atoms with Crippen molar-refractivity contribution in [3.8, 4) is 5.75 Å². The first-order chi connectivity index (χ1) is 14.8. The third kappa shape index (κ3) is 6.06. The normalized spacial score (nSPS) is 12.1. The van der Waals surface area contributed by atoms with Gasteiger partial charge in [0.05, 0.1) is 18.7 Å². The SMILES string of the molecule is CCOP(=O)(OCC)c1cc2c(C(C)=O)cn(CC(=O)OC(C)(C)C)c2cc1OC(C)=O. The Bertz CT molecular complexity index is 1070. The number of carbonyl (C=O) groups is 3. The zero-order valence-corrected chi connectivity index (χ0v) is 20.4. The molecule has 0 fully saturated rings. The summed E-state index contributed by atoms with van der Waals surface area (Å²) in [6.45, 7) is 11.2. The van der Waals surface area contributed by atoms with Crippen molar-refractivity contribution in [2.75, 3.05) is 13.2 Å². The lowest BCUT2D eigenvalue weighted by atomic mass is 10.1. The molecular weight excluding hydrogens is 437 g/mol. The van der Waals surface area contributed by atoms with E-state index in [1.807, 2.05) is 0 Å². The first-order valence-corrected chi connectivity index (χ1v) is 11.8. The number of ether oxygens (including phenoxy) is 2. The lowest BCUT2D eigenvalue weighted by Crippen LogP contribution is -2.26. The molecule has 32 heavy (non-hydrogen) atoms. The van der Waals surface area contributed by atoms with Crippen LogP contribution < -0.4 is 10.0 Å². The lowest BCUT2D eigenvalue weighted by Gasteiger charge is -2.21. The number of esters is 2. The van der Waals surface area contributed by atoms with E-state index in [4.69, 9.17) is 18.5 Å². The highest BCUT2D eigenvalue weighted by atomic mass is 31.2. The Morgan fingerprint density at radius 2 is 1.62 bits per heavy atom. The summed E-state index contributed by atoms with van der Waals surface area (Å²) in [5.41, 5.74) is 0.0561. The Balaban J connectivity index is 2.76. The van der Waals surface area contributed by atoms with Gasteiger partial charge < -0.3 is 23.1 Å². The number of hydrogen-bond acceptors (Lipinski definition) is 8. The summed E-state index contributed by atoms with van der Waals surface area (Å²) in [6.07, 6.45) is 1.52. The van der Waals surface area contributed by atoms with Gasteiger partial charge in [0.1, 0.15) is 23.2 Å². The van der Waals surface area contributed by atoms with Gasteiger partial charge in [-0.3, -0.25) is 18.9 Å². The maximum Gasteiger partial charge on any atom is 0.365 e. The molecule has 0 aliphatic rings. The molecule has 0 spiro atoms. The van der Waals surface area contributed by atoms with Crippen molar-refractivity contribution in [3.63, 3.8) is 0 Å². The third-order valence-electron chi connectivity index (χ3n) is 4.21. The fraction of sp³-hybridized carbons (Fsp3) is 0.500. The fourth-order valence-corrected chi connectivity index (χ4v) is 4.90. The molecule has 0 amide bonds. The second kappa shape index (κ2) is 9.98. The van der Waals surface area contributed by atoms with Crippen molar-refractivity contribution in [2.24, 2.45) is 0 Å². The minimum absolute atomic E-state index is 0.0291. The number of fused-ring (bicyclic) bond motifs is 1. The number of aromatic nitrogens is 1. The molecule has 0 N–H and O–H groups in total. The first kappa shape index (κ1) is 25.8. The van der Waals surface area contributed by atoms with E-state index < -0.39 is 25.1 Å². The molecule has 0 bridgehead atoms. The number of carbonyl (C=O) groups excluding carboxylic acids is 3. The van der Waals surface area contributed by atoms with E-state index in [1.54, 1.807) is 34.6 Å². The van der Waals surface area contributed by atoms with E-state index >= 15 is 0 Å². The second-order valence-corrected chi connectivity index (χ2v) is 10.1. The van der Waals surface area contributed by atoms with Crippen molar-refractivity contribution in [3.05, 3.63) is 23.9 Å². The van der Waals surface area contributed by atoms with Gasteiger partial charge in [0.15, 0.2) is 5.78 Å². The molecule has 0 saturated heterocycles. The molecular formula is C22H30NO8P. The molecule has 9 nitrogen and oxygen atoms in total. The van der Waals surface area contributed by atoms with Crippen LogP contribution >= 0.6 is 7.60 Å². The van der Waals surface area contributed by atoms with E-state index in [0.717, 1.165) is 0 Å². The Morgan fingerprint density at radius 1 is 1.03 bits per heavy atom. The average molecular weight is 467 g/mol. The fourth-order valence-electron chi connectivity index (χ4n) is 3.20. The zero-order chi connectivity index (χ0) is 24.3. The van der Waals surface area contributed by atoms with Crippen LogP contribution in [0.5, 0.6) is 5.75 Å². The molecule has 0 unspecified atom stereocenters. The Hall–Kier alpha value is -2.48. The zero-order valence-electron chi connectivity index (χ0n) is 19.5. The predicted molar refractivity (Wildman–Crippen MR) is 120 cm³/mol. The van der Waals surface area contributed by atoms with E-state index in [-0.39, 0.29) is 36.6 Å². The van der Waals surface area contributed by atoms with Crippen molar-refractivity contribution >= 4 is 41.5 Å². The van der Waals surface area contributed by atoms with Gasteiger partial charge in [0.25, 0.3) is 0 Å². The van der Waals surface area contributed by atoms with E-state index in [1.165, 1.54) is 36.7 Å². The first-order valence-electron chi connectivity index (χ1n) is 10.3. The van der Waals surface area contributed by atoms with Crippen LogP contribution in [0.2, 0.25) is 0 Å². The topological polar surface area (TPSA) is 110 Å². The van der Waals surface area contributed by atoms with E-state index in [2.05, 4.69) is 0 Å². The predicted octanol–water partition coefficient (Wildman–Crippen LogP) is 4.00. The molecule has 0 radical (unpaired) electrons. The van der Waals surface area contributed by atoms with Gasteiger partial charge in [-0.2, -0.15) is 0 Å². The van der Waals surface area contributed by atoms with Crippen LogP contribution in [-0.2, 0) is 34.5 Å². The smallest absolute Gasteiger partial charge is 0.365 e. The number of rotatable bonds is 9. The summed E-state index contributed by atoms with van der Waals surface area (Å²) in [4.78, 5) is 36.5. The monoisotopic (exact) mass is 467 g/mol. The van der Waals surface area contributed by atoms with Crippen molar-refractivity contribution in [1.29, 1.82) is 0 Å². The van der Waals surface area contributed by atoms with Crippen LogP contribution in [0.3, 0.4) is 0 Å². The van der Waals surface area contributed by atoms with Crippen LogP contribution in [0.15, 0.2) is 18.3 Å². The molecule has 2 aromatic rings. The quantitative estimate of drug-likeness (QED) is 0.236. The van der Waals surface area contributed by atoms with Gasteiger partial charge in [-0.15, -0.1) is 0 Å². The Morgan fingerprint density at radius 3 is 2.09 bits per heavy atom. The van der Waals surface area contributed by atoms with Crippen LogP contribution in [0.1, 0.15) is 58.8 Å². The lowest BCUT2D eigenvalue weighted by molar-refractivity contribution is -0.155. The number of benzene rings is 1. The average Bonchev–Trinajstić information content (AvgIpc) is 2.97. The summed E-state index contributed by atoms with van der Waals surface area (Å²) in [5.74, 6) is -1.43. The van der Waals surface area contributed by atoms with Gasteiger partial charge in [0.2, 0.25) is 0 Å². The molecule has 1 aromatic carbocycles. The molecule has 1 heterocycles. The van der Waals surface area contributed by atoms with Crippen LogP contribution in [0, 0.1) is 0 Å². The summed E-state index contributed by atoms with van der Waals surface area (Å²) in [5, 5.41) is 0.452. The van der Waals surface area contributed by atoms with Crippen molar-refractivity contribution < 1.29 is 37.5 Å². The molecule has 0 atom stereocenters. The van der Waals surface area contributed by atoms with E-state index in [0.29, 0.717) is 16.5 Å². The number of ketones is 1. The van der Waals surface area contributed by atoms with Gasteiger partial charge in [-0.05, 0) is 47.6 Å². The minimum Gasteiger partial charge on any atom is -0.459 e. The Kier molecular flexibility index (Phi) is 8.04. The molecule has 0 aliphatic carbocycles. The summed E-state index contributed by atoms with van der Waals surface area (Å²) in [6, 6.07) is 2.91. The molecule has 0 aliphatic heterocycles. The van der Waals surface area contributed by atoms with Crippen molar-refractivity contribution in [1.82, 2.24) is 4.57 Å². The number of hydrogen-bond donors (Lipinski definition) is 0. The molecule has 2 rings (SSSR count). The number of Topliss-reactive ketones (excluding diaryl/α,β-unsaturated/α-hetero) is 1. The number of nitrogens with zero attached hydrogens (tertiary/aromatic N) is 1. The summed E-state index contributed by atoms with van der Waals surface area (Å²) < 4.78 is 36.6. The van der Waals surface area contributed by atoms with Crippen LogP contribution in [0.4, 0.5) is 0 Å². The van der Waals surface area contributed by atoms with Gasteiger partial charge in [0, 0.05) is 30.1 Å². The van der Waals surface area contributed by atoms with Crippen LogP contribution in [-0.4, -0.2) is 41.1 Å². The van der Waals surface area contributed by atoms with Gasteiger partial charge >= 0.3 is 19.5 Å². The molecule has 10 heteroatoms. The highest BCUT2D eigenvalue weighted by molar-refractivity contribution is 7.62. The standard InChI is InChI=1S/C22H30NO8P/c1-8-28-32(27,29-9-2)20-10-16-17(14(3)24)12-23(13-21(26)31-22(5,6)7)18(16)11-19(20)30-15(4)25/h10-12H,8-9,13H2,1-7H3. The maximum absolute atomic E-state index is 13.5. The Labute approximate surface area is 187 Å². The summed E-state index contributed by atoms with van der Waals surface area (Å²) in [7, 11) is -3.86.